The van der Waals surface area contributed by atoms with Gasteiger partial charge in [0.1, 0.15) is 11.3 Å². The zero-order valence-corrected chi connectivity index (χ0v) is 17.5. The van der Waals surface area contributed by atoms with Gasteiger partial charge in [-0.3, -0.25) is 4.79 Å². The molecule has 0 spiro atoms. The zero-order chi connectivity index (χ0) is 21.5. The van der Waals surface area contributed by atoms with Crippen molar-refractivity contribution >= 4 is 34.4 Å². The number of hydrogen-bond donors (Lipinski definition) is 2. The van der Waals surface area contributed by atoms with Crippen LogP contribution in [0, 0.1) is 6.92 Å². The standard InChI is InChI=1S/C23H19N5O2S/c1-13-7-9-16(10-8-13)28-22-19(26-23(28)30)18(20(24)29)25-21(27-22)17-11-15(12-31-17)14-5-3-2-4-6-14/h2-10,12,17H,11H2,1H3,(H2,24,29)(H,26,30). The van der Waals surface area contributed by atoms with E-state index in [0.29, 0.717) is 17.2 Å². The summed E-state index contributed by atoms with van der Waals surface area (Å²) in [5.41, 5.74) is 9.90. The summed E-state index contributed by atoms with van der Waals surface area (Å²) in [4.78, 5) is 36.8. The number of H-pyrrole nitrogens is 1. The number of allylic oxidation sites excluding steroid dienone is 1. The number of carbonyl (C=O) groups is 1. The van der Waals surface area contributed by atoms with Gasteiger partial charge in [-0.2, -0.15) is 0 Å². The molecule has 1 atom stereocenters. The van der Waals surface area contributed by atoms with Crippen molar-refractivity contribution in [3.63, 3.8) is 0 Å². The van der Waals surface area contributed by atoms with Crippen LogP contribution in [0.2, 0.25) is 0 Å². The number of amides is 1. The predicted octanol–water partition coefficient (Wildman–Crippen LogP) is 3.74. The van der Waals surface area contributed by atoms with Crippen molar-refractivity contribution in [2.45, 2.75) is 18.6 Å². The lowest BCUT2D eigenvalue weighted by Crippen LogP contribution is -2.17. The number of fused-ring (bicyclic) bond motifs is 1. The lowest BCUT2D eigenvalue weighted by Gasteiger charge is -2.11. The number of nitrogens with zero attached hydrogens (tertiary/aromatic N) is 3. The van der Waals surface area contributed by atoms with Crippen LogP contribution in [0.25, 0.3) is 22.4 Å². The van der Waals surface area contributed by atoms with Crippen LogP contribution in [0.15, 0.2) is 64.8 Å². The summed E-state index contributed by atoms with van der Waals surface area (Å²) >= 11 is 1.60. The molecule has 0 radical (unpaired) electrons. The van der Waals surface area contributed by atoms with Crippen LogP contribution in [-0.4, -0.2) is 25.4 Å². The molecule has 3 heterocycles. The minimum atomic E-state index is -0.704. The highest BCUT2D eigenvalue weighted by Gasteiger charge is 2.27. The molecule has 0 bridgehead atoms. The lowest BCUT2D eigenvalue weighted by atomic mass is 10.0. The van der Waals surface area contributed by atoms with Gasteiger partial charge >= 0.3 is 5.69 Å². The average Bonchev–Trinajstić information content (AvgIpc) is 3.39. The van der Waals surface area contributed by atoms with E-state index in [0.717, 1.165) is 17.5 Å². The summed E-state index contributed by atoms with van der Waals surface area (Å²) in [5.74, 6) is -0.224. The molecular formula is C23H19N5O2S. The van der Waals surface area contributed by atoms with E-state index in [1.807, 2.05) is 49.4 Å². The van der Waals surface area contributed by atoms with Gasteiger partial charge in [0.05, 0.1) is 10.9 Å². The van der Waals surface area contributed by atoms with Gasteiger partial charge in [-0.25, -0.2) is 19.3 Å². The van der Waals surface area contributed by atoms with Gasteiger partial charge in [-0.15, -0.1) is 11.8 Å². The molecule has 4 aromatic rings. The third-order valence-electron chi connectivity index (χ3n) is 5.29. The number of benzene rings is 2. The topological polar surface area (TPSA) is 107 Å². The Balaban J connectivity index is 1.62. The average molecular weight is 430 g/mol. The van der Waals surface area contributed by atoms with Crippen LogP contribution in [0.5, 0.6) is 0 Å². The SMILES string of the molecule is Cc1ccc(-n2c(=O)[nH]c3c(C(N)=O)nc(C4CC(c5ccccc5)=CS4)nc32)cc1. The van der Waals surface area contributed by atoms with E-state index >= 15 is 0 Å². The first-order valence-electron chi connectivity index (χ1n) is 9.80. The molecule has 0 aliphatic carbocycles. The van der Waals surface area contributed by atoms with Crippen LogP contribution in [0.3, 0.4) is 0 Å². The Kier molecular flexibility index (Phi) is 4.71. The van der Waals surface area contributed by atoms with E-state index in [-0.39, 0.29) is 16.5 Å². The van der Waals surface area contributed by atoms with Crippen molar-refractivity contribution in [2.75, 3.05) is 0 Å². The van der Waals surface area contributed by atoms with Crippen LogP contribution in [-0.2, 0) is 0 Å². The van der Waals surface area contributed by atoms with E-state index in [1.165, 1.54) is 10.1 Å². The van der Waals surface area contributed by atoms with Crippen LogP contribution >= 0.6 is 11.8 Å². The Morgan fingerprint density at radius 1 is 1.13 bits per heavy atom. The number of carbonyl (C=O) groups excluding carboxylic acids is 1. The monoisotopic (exact) mass is 429 g/mol. The first-order chi connectivity index (χ1) is 15.0. The molecule has 0 saturated heterocycles. The minimum Gasteiger partial charge on any atom is -0.364 e. The highest BCUT2D eigenvalue weighted by Crippen LogP contribution is 2.45. The number of aromatic amines is 1. The van der Waals surface area contributed by atoms with Crippen LogP contribution in [0.4, 0.5) is 0 Å². The Morgan fingerprint density at radius 3 is 2.58 bits per heavy atom. The minimum absolute atomic E-state index is 0.0247. The second kappa shape index (κ2) is 7.55. The molecule has 1 aliphatic rings. The third-order valence-corrected chi connectivity index (χ3v) is 6.42. The summed E-state index contributed by atoms with van der Waals surface area (Å²) in [5, 5.41) is 2.02. The molecule has 8 heteroatoms. The van der Waals surface area contributed by atoms with E-state index in [1.54, 1.807) is 11.8 Å². The molecule has 154 valence electrons. The summed E-state index contributed by atoms with van der Waals surface area (Å²) in [6, 6.07) is 17.6. The summed E-state index contributed by atoms with van der Waals surface area (Å²) < 4.78 is 1.46. The fraction of sp³-hybridized carbons (Fsp3) is 0.130. The number of primary amides is 1. The van der Waals surface area contributed by atoms with Crippen molar-refractivity contribution < 1.29 is 4.79 Å². The Bertz CT molecular complexity index is 1390. The highest BCUT2D eigenvalue weighted by atomic mass is 32.2. The maximum atomic E-state index is 12.7. The molecule has 2 aromatic carbocycles. The van der Waals surface area contributed by atoms with Crippen molar-refractivity contribution in [1.82, 2.24) is 19.5 Å². The Labute approximate surface area is 182 Å². The third kappa shape index (κ3) is 3.44. The first-order valence-corrected chi connectivity index (χ1v) is 10.7. The largest absolute Gasteiger partial charge is 0.364 e. The lowest BCUT2D eigenvalue weighted by molar-refractivity contribution is 0.0996. The van der Waals surface area contributed by atoms with Gasteiger partial charge in [0, 0.05) is 0 Å². The number of thioether (sulfide) groups is 1. The second-order valence-corrected chi connectivity index (χ2v) is 8.51. The number of hydrogen-bond acceptors (Lipinski definition) is 5. The van der Waals surface area contributed by atoms with Crippen LogP contribution < -0.4 is 11.4 Å². The van der Waals surface area contributed by atoms with Gasteiger partial charge in [-0.05, 0) is 42.0 Å². The van der Waals surface area contributed by atoms with Gasteiger partial charge in [0.25, 0.3) is 5.91 Å². The van der Waals surface area contributed by atoms with E-state index in [4.69, 9.17) is 10.7 Å². The van der Waals surface area contributed by atoms with Crippen molar-refractivity contribution in [3.8, 4) is 5.69 Å². The van der Waals surface area contributed by atoms with Crippen LogP contribution in [0.1, 0.15) is 39.1 Å². The Hall–Kier alpha value is -3.65. The molecule has 3 N–H and O–H groups in total. The normalized spacial score (nSPS) is 15.9. The number of rotatable bonds is 4. The zero-order valence-electron chi connectivity index (χ0n) is 16.7. The molecule has 1 amide bonds. The smallest absolute Gasteiger partial charge is 0.332 e. The molecule has 1 aliphatic heterocycles. The summed E-state index contributed by atoms with van der Waals surface area (Å²) in [6.45, 7) is 1.97. The quantitative estimate of drug-likeness (QED) is 0.514. The van der Waals surface area contributed by atoms with Gasteiger partial charge in [-0.1, -0.05) is 48.0 Å². The molecule has 0 saturated carbocycles. The van der Waals surface area contributed by atoms with Gasteiger partial charge in [0.15, 0.2) is 11.3 Å². The van der Waals surface area contributed by atoms with Crippen molar-refractivity contribution in [2.24, 2.45) is 5.73 Å². The highest BCUT2D eigenvalue weighted by molar-refractivity contribution is 8.02. The number of imidazole rings is 1. The maximum Gasteiger partial charge on any atom is 0.332 e. The summed E-state index contributed by atoms with van der Waals surface area (Å²) in [7, 11) is 0. The molecule has 1 unspecified atom stereocenters. The van der Waals surface area contributed by atoms with Gasteiger partial charge in [0.2, 0.25) is 0 Å². The molecule has 0 fully saturated rings. The number of aryl methyl sites for hydroxylation is 1. The van der Waals surface area contributed by atoms with Crippen molar-refractivity contribution in [3.05, 3.63) is 93.1 Å². The fourth-order valence-corrected chi connectivity index (χ4v) is 4.77. The second-order valence-electron chi connectivity index (χ2n) is 7.43. The van der Waals surface area contributed by atoms with Gasteiger partial charge < -0.3 is 10.7 Å². The molecular weight excluding hydrogens is 410 g/mol. The van der Waals surface area contributed by atoms with E-state index < -0.39 is 11.6 Å². The molecule has 7 nitrogen and oxygen atoms in total. The number of aromatic nitrogens is 4. The fourth-order valence-electron chi connectivity index (χ4n) is 3.71. The number of nitrogens with one attached hydrogen (secondary N) is 1. The van der Waals surface area contributed by atoms with E-state index in [9.17, 15) is 9.59 Å². The maximum absolute atomic E-state index is 12.7. The van der Waals surface area contributed by atoms with E-state index in [2.05, 4.69) is 27.5 Å². The number of nitrogens with two attached hydrogens (primary N) is 1. The summed E-state index contributed by atoms with van der Waals surface area (Å²) in [6.07, 6.45) is 0.720. The Morgan fingerprint density at radius 2 is 1.87 bits per heavy atom. The first kappa shape index (κ1) is 19.3. The predicted molar refractivity (Wildman–Crippen MR) is 122 cm³/mol. The van der Waals surface area contributed by atoms with Crippen molar-refractivity contribution in [1.29, 1.82) is 0 Å². The molecule has 31 heavy (non-hydrogen) atoms. The molecule has 5 rings (SSSR count). The molecule has 2 aromatic heterocycles.